The lowest BCUT2D eigenvalue weighted by Gasteiger charge is -2.09. The number of rotatable bonds is 1. The van der Waals surface area contributed by atoms with Gasteiger partial charge < -0.3 is 0 Å². The molecule has 0 spiro atoms. The van der Waals surface area contributed by atoms with Gasteiger partial charge in [-0.3, -0.25) is 0 Å². The summed E-state index contributed by atoms with van der Waals surface area (Å²) in [6, 6.07) is 3.06. The molecule has 3 nitrogen and oxygen atoms in total. The highest BCUT2D eigenvalue weighted by molar-refractivity contribution is 6.32. The molecule has 0 saturated carbocycles. The molecule has 16 heavy (non-hydrogen) atoms. The average Bonchev–Trinajstić information content (AvgIpc) is 2.69. The van der Waals surface area contributed by atoms with E-state index in [0.29, 0.717) is 5.69 Å². The smallest absolute Gasteiger partial charge is 0.219 e. The normalized spacial score (nSPS) is 11.8. The molecule has 0 aliphatic rings. The molecule has 7 heteroatoms. The van der Waals surface area contributed by atoms with E-state index in [9.17, 15) is 13.2 Å². The number of aromatic nitrogens is 3. The summed E-state index contributed by atoms with van der Waals surface area (Å²) < 4.78 is 38.3. The van der Waals surface area contributed by atoms with Gasteiger partial charge in [0.25, 0.3) is 0 Å². The third-order valence-corrected chi connectivity index (χ3v) is 2.25. The first kappa shape index (κ1) is 10.9. The number of benzene rings is 1. The minimum Gasteiger partial charge on any atom is -0.219 e. The van der Waals surface area contributed by atoms with E-state index in [1.165, 1.54) is 23.1 Å². The molecule has 1 aromatic carbocycles. The van der Waals surface area contributed by atoms with Crippen LogP contribution in [-0.2, 0) is 6.18 Å². The summed E-state index contributed by atoms with van der Waals surface area (Å²) in [7, 11) is 0. The maximum absolute atomic E-state index is 12.3. The van der Waals surface area contributed by atoms with Crippen molar-refractivity contribution in [2.45, 2.75) is 6.18 Å². The van der Waals surface area contributed by atoms with Gasteiger partial charge in [0.05, 0.1) is 28.7 Å². The van der Waals surface area contributed by atoms with Crippen molar-refractivity contribution in [2.75, 3.05) is 0 Å². The number of halogens is 4. The molecule has 0 unspecified atom stereocenters. The highest BCUT2D eigenvalue weighted by Gasteiger charge is 2.31. The predicted molar refractivity (Wildman–Crippen MR) is 51.4 cm³/mol. The summed E-state index contributed by atoms with van der Waals surface area (Å²) in [5, 5.41) is 7.16. The van der Waals surface area contributed by atoms with Crippen LogP contribution in [0.25, 0.3) is 5.69 Å². The second kappa shape index (κ2) is 3.79. The van der Waals surface area contributed by atoms with Crippen LogP contribution in [0, 0.1) is 0 Å². The van der Waals surface area contributed by atoms with Crippen molar-refractivity contribution < 1.29 is 13.2 Å². The molecule has 0 atom stereocenters. The number of alkyl halides is 3. The van der Waals surface area contributed by atoms with Crippen LogP contribution in [0.3, 0.4) is 0 Å². The maximum Gasteiger partial charge on any atom is 0.416 e. The molecular formula is C9H5ClF3N3. The predicted octanol–water partition coefficient (Wildman–Crippen LogP) is 2.94. The minimum absolute atomic E-state index is 0.0275. The SMILES string of the molecule is FC(F)(F)c1ccc(-n2ccnn2)c(Cl)c1. The molecule has 2 aromatic rings. The van der Waals surface area contributed by atoms with E-state index >= 15 is 0 Å². The van der Waals surface area contributed by atoms with Gasteiger partial charge in [-0.2, -0.15) is 13.2 Å². The Morgan fingerprint density at radius 3 is 2.50 bits per heavy atom. The third kappa shape index (κ3) is 2.01. The molecule has 1 heterocycles. The van der Waals surface area contributed by atoms with Crippen LogP contribution < -0.4 is 0 Å². The molecule has 84 valence electrons. The fourth-order valence-corrected chi connectivity index (χ4v) is 1.47. The molecule has 0 aliphatic carbocycles. The van der Waals surface area contributed by atoms with Crippen molar-refractivity contribution in [3.8, 4) is 5.69 Å². The lowest BCUT2D eigenvalue weighted by atomic mass is 10.2. The van der Waals surface area contributed by atoms with Crippen molar-refractivity contribution in [3.63, 3.8) is 0 Å². The molecule has 0 radical (unpaired) electrons. The Hall–Kier alpha value is -1.56. The first-order valence-corrected chi connectivity index (χ1v) is 4.60. The largest absolute Gasteiger partial charge is 0.416 e. The summed E-state index contributed by atoms with van der Waals surface area (Å²) in [5.74, 6) is 0. The Morgan fingerprint density at radius 1 is 1.25 bits per heavy atom. The van der Waals surface area contributed by atoms with E-state index in [2.05, 4.69) is 10.3 Å². The van der Waals surface area contributed by atoms with Gasteiger partial charge in [-0.25, -0.2) is 4.68 Å². The van der Waals surface area contributed by atoms with Crippen LogP contribution in [0.4, 0.5) is 13.2 Å². The van der Waals surface area contributed by atoms with Crippen LogP contribution in [0.15, 0.2) is 30.6 Å². The molecule has 1 aromatic heterocycles. The lowest BCUT2D eigenvalue weighted by molar-refractivity contribution is -0.137. The van der Waals surface area contributed by atoms with Gasteiger partial charge in [-0.1, -0.05) is 16.8 Å². The van der Waals surface area contributed by atoms with Crippen LogP contribution in [0.1, 0.15) is 5.56 Å². The van der Waals surface area contributed by atoms with Crippen LogP contribution >= 0.6 is 11.6 Å². The maximum atomic E-state index is 12.3. The Balaban J connectivity index is 2.46. The summed E-state index contributed by atoms with van der Waals surface area (Å²) in [6.07, 6.45) is -1.49. The van der Waals surface area contributed by atoms with Crippen LogP contribution in [-0.4, -0.2) is 15.0 Å². The summed E-state index contributed by atoms with van der Waals surface area (Å²) in [6.45, 7) is 0. The van der Waals surface area contributed by atoms with E-state index in [1.54, 1.807) is 0 Å². The first-order valence-electron chi connectivity index (χ1n) is 4.22. The second-order valence-electron chi connectivity index (χ2n) is 3.01. The first-order chi connectivity index (χ1) is 7.48. The van der Waals surface area contributed by atoms with Crippen LogP contribution in [0.2, 0.25) is 5.02 Å². The number of nitrogens with zero attached hydrogens (tertiary/aromatic N) is 3. The molecule has 2 rings (SSSR count). The highest BCUT2D eigenvalue weighted by Crippen LogP contribution is 2.32. The molecule has 0 aliphatic heterocycles. The summed E-state index contributed by atoms with van der Waals surface area (Å²) in [5.41, 5.74) is -0.437. The van der Waals surface area contributed by atoms with Gasteiger partial charge in [0.1, 0.15) is 0 Å². The van der Waals surface area contributed by atoms with Gasteiger partial charge in [-0.15, -0.1) is 5.10 Å². The quantitative estimate of drug-likeness (QED) is 0.776. The Morgan fingerprint density at radius 2 is 2.00 bits per heavy atom. The van der Waals surface area contributed by atoms with E-state index in [1.807, 2.05) is 0 Å². The van der Waals surface area contributed by atoms with Gasteiger partial charge in [0.15, 0.2) is 0 Å². The van der Waals surface area contributed by atoms with Crippen LogP contribution in [0.5, 0.6) is 0 Å². The fourth-order valence-electron chi connectivity index (χ4n) is 1.21. The average molecular weight is 248 g/mol. The Kier molecular flexibility index (Phi) is 2.59. The van der Waals surface area contributed by atoms with E-state index in [4.69, 9.17) is 11.6 Å². The lowest BCUT2D eigenvalue weighted by Crippen LogP contribution is -2.06. The topological polar surface area (TPSA) is 30.7 Å². The Labute approximate surface area is 93.4 Å². The highest BCUT2D eigenvalue weighted by atomic mass is 35.5. The van der Waals surface area contributed by atoms with Crippen molar-refractivity contribution in [3.05, 3.63) is 41.2 Å². The minimum atomic E-state index is -4.40. The van der Waals surface area contributed by atoms with Crippen molar-refractivity contribution in [1.82, 2.24) is 15.0 Å². The number of hydrogen-bond donors (Lipinski definition) is 0. The van der Waals surface area contributed by atoms with E-state index in [0.717, 1.165) is 12.1 Å². The molecule has 0 N–H and O–H groups in total. The zero-order chi connectivity index (χ0) is 11.8. The zero-order valence-electron chi connectivity index (χ0n) is 7.74. The molecule has 0 fully saturated rings. The van der Waals surface area contributed by atoms with Gasteiger partial charge in [0, 0.05) is 0 Å². The van der Waals surface area contributed by atoms with Gasteiger partial charge in [0.2, 0.25) is 0 Å². The fraction of sp³-hybridized carbons (Fsp3) is 0.111. The second-order valence-corrected chi connectivity index (χ2v) is 3.42. The molecule has 0 saturated heterocycles. The van der Waals surface area contributed by atoms with Crippen molar-refractivity contribution in [2.24, 2.45) is 0 Å². The molecule has 0 bridgehead atoms. The van der Waals surface area contributed by atoms with Gasteiger partial charge >= 0.3 is 6.18 Å². The van der Waals surface area contributed by atoms with Crippen molar-refractivity contribution in [1.29, 1.82) is 0 Å². The number of hydrogen-bond acceptors (Lipinski definition) is 2. The molecular weight excluding hydrogens is 243 g/mol. The summed E-state index contributed by atoms with van der Waals surface area (Å²) >= 11 is 5.74. The van der Waals surface area contributed by atoms with E-state index in [-0.39, 0.29) is 5.02 Å². The zero-order valence-corrected chi connectivity index (χ0v) is 8.50. The third-order valence-electron chi connectivity index (χ3n) is 1.94. The summed E-state index contributed by atoms with van der Waals surface area (Å²) in [4.78, 5) is 0. The van der Waals surface area contributed by atoms with Crippen molar-refractivity contribution >= 4 is 11.6 Å². The standard InChI is InChI=1S/C9H5ClF3N3/c10-7-5-6(9(11,12)13)1-2-8(7)16-4-3-14-15-16/h1-5H. The molecule has 0 amide bonds. The van der Waals surface area contributed by atoms with Gasteiger partial charge in [-0.05, 0) is 18.2 Å². The van der Waals surface area contributed by atoms with E-state index < -0.39 is 11.7 Å². The monoisotopic (exact) mass is 247 g/mol. The Bertz CT molecular complexity index is 493.